The summed E-state index contributed by atoms with van der Waals surface area (Å²) in [6.45, 7) is 3.71. The molecule has 0 unspecified atom stereocenters. The lowest BCUT2D eigenvalue weighted by Crippen LogP contribution is -2.62. The van der Waals surface area contributed by atoms with Gasteiger partial charge >= 0.3 is 0 Å². The zero-order chi connectivity index (χ0) is 18.6. The third kappa shape index (κ3) is 3.63. The fourth-order valence-electron chi connectivity index (χ4n) is 4.62. The molecule has 0 aromatic heterocycles. The minimum atomic E-state index is -0.442. The average Bonchev–Trinajstić information content (AvgIpc) is 2.66. The number of piperidine rings is 1. The summed E-state index contributed by atoms with van der Waals surface area (Å²) in [7, 11) is 1.65. The number of carbonyl (C=O) groups is 2. The zero-order valence-corrected chi connectivity index (χ0v) is 15.9. The van der Waals surface area contributed by atoms with Gasteiger partial charge in [-0.3, -0.25) is 9.59 Å². The van der Waals surface area contributed by atoms with Crippen LogP contribution in [0, 0.1) is 12.3 Å². The molecular weight excluding hydrogens is 328 g/mol. The number of hydrogen-bond donors (Lipinski definition) is 1. The van der Waals surface area contributed by atoms with E-state index in [-0.39, 0.29) is 17.9 Å². The average molecular weight is 358 g/mol. The van der Waals surface area contributed by atoms with E-state index in [2.05, 4.69) is 24.4 Å². The Balaban J connectivity index is 1.76. The van der Waals surface area contributed by atoms with Crippen LogP contribution >= 0.6 is 0 Å². The molecule has 3 rings (SSSR count). The Hall–Kier alpha value is -1.88. The number of likely N-dealkylation sites (tertiary alicyclic amines) is 1. The van der Waals surface area contributed by atoms with Crippen molar-refractivity contribution in [3.05, 3.63) is 35.4 Å². The minimum absolute atomic E-state index is 0.00419. The fraction of sp³-hybridized carbons (Fsp3) is 0.619. The molecule has 2 amide bonds. The van der Waals surface area contributed by atoms with Crippen molar-refractivity contribution >= 4 is 11.8 Å². The van der Waals surface area contributed by atoms with Gasteiger partial charge in [-0.05, 0) is 37.3 Å². The molecule has 5 heteroatoms. The molecule has 1 saturated carbocycles. The van der Waals surface area contributed by atoms with Crippen molar-refractivity contribution in [2.75, 3.05) is 20.3 Å². The van der Waals surface area contributed by atoms with Crippen molar-refractivity contribution < 1.29 is 14.3 Å². The molecule has 1 aromatic rings. The Morgan fingerprint density at radius 3 is 2.88 bits per heavy atom. The lowest BCUT2D eigenvalue weighted by atomic mass is 9.64. The van der Waals surface area contributed by atoms with Gasteiger partial charge in [-0.2, -0.15) is 0 Å². The van der Waals surface area contributed by atoms with Crippen LogP contribution in [0.4, 0.5) is 0 Å². The lowest BCUT2D eigenvalue weighted by Gasteiger charge is -2.51. The minimum Gasteiger partial charge on any atom is -0.383 e. The standard InChI is InChI=1S/C21H30N2O3/c1-16-7-3-4-8-17(16)15-22-20(25)21-11-6-5-9-18(21)23(13-14-26-2)19(24)10-12-21/h3-4,7-8,18H,5-6,9-15H2,1-2H3,(H,22,25)/t18-,21-/m1/s1. The van der Waals surface area contributed by atoms with Gasteiger partial charge in [-0.25, -0.2) is 0 Å². The van der Waals surface area contributed by atoms with E-state index in [0.29, 0.717) is 32.5 Å². The Morgan fingerprint density at radius 1 is 1.31 bits per heavy atom. The molecule has 1 heterocycles. The van der Waals surface area contributed by atoms with Crippen LogP contribution in [0.1, 0.15) is 49.7 Å². The molecule has 1 saturated heterocycles. The number of carbonyl (C=O) groups excluding carboxylic acids is 2. The number of aryl methyl sites for hydroxylation is 1. The molecule has 1 aromatic carbocycles. The van der Waals surface area contributed by atoms with Crippen LogP contribution in [0.15, 0.2) is 24.3 Å². The van der Waals surface area contributed by atoms with E-state index in [1.165, 1.54) is 5.56 Å². The normalized spacial score (nSPS) is 25.7. The number of nitrogens with one attached hydrogen (secondary N) is 1. The van der Waals surface area contributed by atoms with E-state index in [1.807, 2.05) is 17.0 Å². The highest BCUT2D eigenvalue weighted by molar-refractivity contribution is 5.88. The summed E-state index contributed by atoms with van der Waals surface area (Å²) >= 11 is 0. The van der Waals surface area contributed by atoms with E-state index < -0.39 is 5.41 Å². The molecule has 1 aliphatic carbocycles. The van der Waals surface area contributed by atoms with Crippen molar-refractivity contribution in [2.45, 2.75) is 58.0 Å². The highest BCUT2D eigenvalue weighted by atomic mass is 16.5. The highest BCUT2D eigenvalue weighted by Crippen LogP contribution is 2.46. The molecule has 0 bridgehead atoms. The van der Waals surface area contributed by atoms with Gasteiger partial charge in [-0.1, -0.05) is 37.1 Å². The van der Waals surface area contributed by atoms with E-state index in [0.717, 1.165) is 31.2 Å². The molecule has 2 fully saturated rings. The molecule has 2 atom stereocenters. The second kappa shape index (κ2) is 8.21. The smallest absolute Gasteiger partial charge is 0.228 e. The van der Waals surface area contributed by atoms with Gasteiger partial charge in [0, 0.05) is 32.7 Å². The second-order valence-corrected chi connectivity index (χ2v) is 7.61. The summed E-state index contributed by atoms with van der Waals surface area (Å²) in [5.74, 6) is 0.275. The quantitative estimate of drug-likeness (QED) is 0.851. The summed E-state index contributed by atoms with van der Waals surface area (Å²) in [4.78, 5) is 27.7. The number of benzene rings is 1. The van der Waals surface area contributed by atoms with Crippen LogP contribution in [0.2, 0.25) is 0 Å². The monoisotopic (exact) mass is 358 g/mol. The predicted molar refractivity (Wildman–Crippen MR) is 101 cm³/mol. The number of hydrogen-bond acceptors (Lipinski definition) is 3. The lowest BCUT2D eigenvalue weighted by molar-refractivity contribution is -0.156. The molecular formula is C21H30N2O3. The summed E-state index contributed by atoms with van der Waals surface area (Å²) in [6, 6.07) is 8.14. The largest absolute Gasteiger partial charge is 0.383 e. The molecule has 2 aliphatic rings. The Morgan fingerprint density at radius 2 is 2.12 bits per heavy atom. The Kier molecular flexibility index (Phi) is 5.97. The number of ether oxygens (including phenoxy) is 1. The van der Waals surface area contributed by atoms with Crippen molar-refractivity contribution in [1.82, 2.24) is 10.2 Å². The maximum Gasteiger partial charge on any atom is 0.228 e. The summed E-state index contributed by atoms with van der Waals surface area (Å²) in [5.41, 5.74) is 1.89. The first-order chi connectivity index (χ1) is 12.6. The maximum atomic E-state index is 13.3. The zero-order valence-electron chi connectivity index (χ0n) is 15.9. The van der Waals surface area contributed by atoms with Crippen LogP contribution < -0.4 is 5.32 Å². The SMILES string of the molecule is COCCN1C(=O)CC[C@]2(C(=O)NCc3ccccc3C)CCCC[C@@H]12. The molecule has 1 N–H and O–H groups in total. The Bertz CT molecular complexity index is 660. The number of rotatable bonds is 6. The van der Waals surface area contributed by atoms with E-state index in [9.17, 15) is 9.59 Å². The summed E-state index contributed by atoms with van der Waals surface area (Å²) in [6.07, 6.45) is 5.04. The summed E-state index contributed by atoms with van der Waals surface area (Å²) < 4.78 is 5.19. The van der Waals surface area contributed by atoms with Crippen molar-refractivity contribution in [3.63, 3.8) is 0 Å². The van der Waals surface area contributed by atoms with E-state index >= 15 is 0 Å². The molecule has 5 nitrogen and oxygen atoms in total. The molecule has 1 aliphatic heterocycles. The maximum absolute atomic E-state index is 13.3. The second-order valence-electron chi connectivity index (χ2n) is 7.61. The van der Waals surface area contributed by atoms with E-state index in [1.54, 1.807) is 7.11 Å². The van der Waals surface area contributed by atoms with Gasteiger partial charge in [0.25, 0.3) is 0 Å². The van der Waals surface area contributed by atoms with Crippen LogP contribution in [0.3, 0.4) is 0 Å². The first-order valence-electron chi connectivity index (χ1n) is 9.70. The van der Waals surface area contributed by atoms with Crippen molar-refractivity contribution in [3.8, 4) is 0 Å². The first kappa shape index (κ1) is 18.9. The number of methoxy groups -OCH3 is 1. The van der Waals surface area contributed by atoms with Crippen LogP contribution in [0.5, 0.6) is 0 Å². The molecule has 142 valence electrons. The number of fused-ring (bicyclic) bond motifs is 1. The molecule has 0 spiro atoms. The predicted octanol–water partition coefficient (Wildman–Crippen LogP) is 2.81. The van der Waals surface area contributed by atoms with Crippen LogP contribution in [0.25, 0.3) is 0 Å². The van der Waals surface area contributed by atoms with Gasteiger partial charge in [0.1, 0.15) is 0 Å². The number of nitrogens with zero attached hydrogens (tertiary/aromatic N) is 1. The topological polar surface area (TPSA) is 58.6 Å². The third-order valence-electron chi connectivity index (χ3n) is 6.16. The highest BCUT2D eigenvalue weighted by Gasteiger charge is 2.52. The Labute approximate surface area is 156 Å². The van der Waals surface area contributed by atoms with Gasteiger partial charge < -0.3 is 15.0 Å². The fourth-order valence-corrected chi connectivity index (χ4v) is 4.62. The van der Waals surface area contributed by atoms with Crippen molar-refractivity contribution in [1.29, 1.82) is 0 Å². The summed E-state index contributed by atoms with van der Waals surface area (Å²) in [5, 5.41) is 3.18. The van der Waals surface area contributed by atoms with Gasteiger partial charge in [0.15, 0.2) is 0 Å². The molecule has 0 radical (unpaired) electrons. The third-order valence-corrected chi connectivity index (χ3v) is 6.16. The van der Waals surface area contributed by atoms with E-state index in [4.69, 9.17) is 4.74 Å². The van der Waals surface area contributed by atoms with Crippen molar-refractivity contribution in [2.24, 2.45) is 5.41 Å². The van der Waals surface area contributed by atoms with Gasteiger partial charge in [0.05, 0.1) is 12.0 Å². The number of amides is 2. The van der Waals surface area contributed by atoms with Gasteiger partial charge in [-0.15, -0.1) is 0 Å². The van der Waals surface area contributed by atoms with Crippen LogP contribution in [-0.2, 0) is 20.9 Å². The first-order valence-corrected chi connectivity index (χ1v) is 9.70. The molecule has 26 heavy (non-hydrogen) atoms. The van der Waals surface area contributed by atoms with Crippen LogP contribution in [-0.4, -0.2) is 43.0 Å². The van der Waals surface area contributed by atoms with Gasteiger partial charge in [0.2, 0.25) is 11.8 Å².